The quantitative estimate of drug-likeness (QED) is 0.876. The molecule has 1 aliphatic rings. The fourth-order valence-electron chi connectivity index (χ4n) is 2.24. The van der Waals surface area contributed by atoms with Crippen molar-refractivity contribution in [1.82, 2.24) is 5.32 Å². The number of carbonyl (C=O) groups excluding carboxylic acids is 1. The maximum absolute atomic E-state index is 12.0. The first-order chi connectivity index (χ1) is 8.37. The summed E-state index contributed by atoms with van der Waals surface area (Å²) in [5, 5.41) is 2.79. The summed E-state index contributed by atoms with van der Waals surface area (Å²) in [4.78, 5) is 12.0. The molecule has 0 bridgehead atoms. The fraction of sp³-hybridized carbons (Fsp3) is 0.462. The van der Waals surface area contributed by atoms with Gasteiger partial charge in [0.25, 0.3) is 5.91 Å². The van der Waals surface area contributed by atoms with E-state index in [1.54, 1.807) is 6.07 Å². The van der Waals surface area contributed by atoms with Gasteiger partial charge < -0.3 is 5.32 Å². The second-order valence-electron chi connectivity index (χ2n) is 4.89. The van der Waals surface area contributed by atoms with Crippen LogP contribution < -0.4 is 5.32 Å². The predicted octanol–water partition coefficient (Wildman–Crippen LogP) is 1.22. The van der Waals surface area contributed by atoms with E-state index in [-0.39, 0.29) is 23.5 Å². The van der Waals surface area contributed by atoms with Gasteiger partial charge in [0.1, 0.15) is 0 Å². The summed E-state index contributed by atoms with van der Waals surface area (Å²) >= 11 is 0. The molecule has 1 fully saturated rings. The van der Waals surface area contributed by atoms with Crippen LogP contribution in [0, 0.1) is 13.8 Å². The SMILES string of the molecule is Cc1ccc(C(=O)N[C@@H]2CCS(=O)(=O)C2)c(C)c1. The van der Waals surface area contributed by atoms with E-state index in [0.717, 1.165) is 11.1 Å². The summed E-state index contributed by atoms with van der Waals surface area (Å²) in [6.45, 7) is 3.85. The van der Waals surface area contributed by atoms with E-state index in [0.29, 0.717) is 12.0 Å². The number of carbonyl (C=O) groups is 1. The molecule has 1 aliphatic heterocycles. The Morgan fingerprint density at radius 3 is 2.61 bits per heavy atom. The van der Waals surface area contributed by atoms with Crippen LogP contribution in [0.3, 0.4) is 0 Å². The molecule has 0 saturated carbocycles. The minimum Gasteiger partial charge on any atom is -0.348 e. The van der Waals surface area contributed by atoms with Crippen LogP contribution >= 0.6 is 0 Å². The van der Waals surface area contributed by atoms with Crippen LogP contribution in [0.5, 0.6) is 0 Å². The first-order valence-corrected chi connectivity index (χ1v) is 7.78. The number of benzene rings is 1. The number of aryl methyl sites for hydroxylation is 2. The first kappa shape index (κ1) is 13.1. The van der Waals surface area contributed by atoms with Gasteiger partial charge in [-0.1, -0.05) is 17.7 Å². The zero-order chi connectivity index (χ0) is 13.3. The Labute approximate surface area is 107 Å². The lowest BCUT2D eigenvalue weighted by molar-refractivity contribution is 0.0940. The van der Waals surface area contributed by atoms with Gasteiger partial charge in [0.2, 0.25) is 0 Å². The maximum atomic E-state index is 12.0. The standard InChI is InChI=1S/C13H17NO3S/c1-9-3-4-12(10(2)7-9)13(15)14-11-5-6-18(16,17)8-11/h3-4,7,11H,5-6,8H2,1-2H3,(H,14,15)/t11-/m1/s1. The Morgan fingerprint density at radius 1 is 1.33 bits per heavy atom. The Kier molecular flexibility index (Phi) is 3.43. The van der Waals surface area contributed by atoms with Crippen molar-refractivity contribution < 1.29 is 13.2 Å². The monoisotopic (exact) mass is 267 g/mol. The zero-order valence-electron chi connectivity index (χ0n) is 10.6. The summed E-state index contributed by atoms with van der Waals surface area (Å²) in [6, 6.07) is 5.36. The zero-order valence-corrected chi connectivity index (χ0v) is 11.4. The number of hydrogen-bond donors (Lipinski definition) is 1. The average molecular weight is 267 g/mol. The Morgan fingerprint density at radius 2 is 2.06 bits per heavy atom. The Balaban J connectivity index is 2.09. The molecule has 0 aromatic heterocycles. The molecule has 0 unspecified atom stereocenters. The molecule has 1 aromatic carbocycles. The molecule has 4 nitrogen and oxygen atoms in total. The second-order valence-corrected chi connectivity index (χ2v) is 7.12. The van der Waals surface area contributed by atoms with E-state index in [1.165, 1.54) is 0 Å². The average Bonchev–Trinajstić information content (AvgIpc) is 2.57. The molecule has 2 rings (SSSR count). The highest BCUT2D eigenvalue weighted by Gasteiger charge is 2.29. The molecule has 0 spiro atoms. The van der Waals surface area contributed by atoms with Crippen LogP contribution in [0.1, 0.15) is 27.9 Å². The largest absolute Gasteiger partial charge is 0.348 e. The summed E-state index contributed by atoms with van der Waals surface area (Å²) in [7, 11) is -2.95. The highest BCUT2D eigenvalue weighted by atomic mass is 32.2. The number of rotatable bonds is 2. The third-order valence-electron chi connectivity index (χ3n) is 3.19. The molecule has 0 radical (unpaired) electrons. The van der Waals surface area contributed by atoms with Crippen LogP contribution in [0.15, 0.2) is 18.2 Å². The van der Waals surface area contributed by atoms with E-state index in [1.807, 2.05) is 26.0 Å². The van der Waals surface area contributed by atoms with Gasteiger partial charge in [0, 0.05) is 11.6 Å². The van der Waals surface area contributed by atoms with Gasteiger partial charge in [-0.2, -0.15) is 0 Å². The minimum atomic E-state index is -2.95. The van der Waals surface area contributed by atoms with E-state index in [4.69, 9.17) is 0 Å². The molecule has 1 heterocycles. The molecular weight excluding hydrogens is 250 g/mol. The Bertz CT molecular complexity index is 578. The number of sulfone groups is 1. The fourth-order valence-corrected chi connectivity index (χ4v) is 3.91. The van der Waals surface area contributed by atoms with Gasteiger partial charge in [-0.25, -0.2) is 8.42 Å². The number of nitrogens with one attached hydrogen (secondary N) is 1. The van der Waals surface area contributed by atoms with Crippen molar-refractivity contribution in [1.29, 1.82) is 0 Å². The molecule has 1 atom stereocenters. The van der Waals surface area contributed by atoms with Crippen LogP contribution in [0.4, 0.5) is 0 Å². The highest BCUT2D eigenvalue weighted by Crippen LogP contribution is 2.14. The molecule has 98 valence electrons. The van der Waals surface area contributed by atoms with Crippen molar-refractivity contribution in [2.75, 3.05) is 11.5 Å². The lowest BCUT2D eigenvalue weighted by Gasteiger charge is -2.12. The smallest absolute Gasteiger partial charge is 0.251 e. The topological polar surface area (TPSA) is 63.2 Å². The highest BCUT2D eigenvalue weighted by molar-refractivity contribution is 7.91. The van der Waals surface area contributed by atoms with Gasteiger partial charge in [-0.15, -0.1) is 0 Å². The summed E-state index contributed by atoms with van der Waals surface area (Å²) in [5.41, 5.74) is 2.63. The lowest BCUT2D eigenvalue weighted by Crippen LogP contribution is -2.35. The van der Waals surface area contributed by atoms with Crippen molar-refractivity contribution in [3.05, 3.63) is 34.9 Å². The second kappa shape index (κ2) is 4.72. The van der Waals surface area contributed by atoms with Gasteiger partial charge in [-0.05, 0) is 31.9 Å². The Hall–Kier alpha value is -1.36. The third kappa shape index (κ3) is 2.90. The van der Waals surface area contributed by atoms with E-state index in [9.17, 15) is 13.2 Å². The number of amides is 1. The maximum Gasteiger partial charge on any atom is 0.251 e. The minimum absolute atomic E-state index is 0.0592. The van der Waals surface area contributed by atoms with Crippen molar-refractivity contribution in [2.45, 2.75) is 26.3 Å². The van der Waals surface area contributed by atoms with E-state index < -0.39 is 9.84 Å². The summed E-state index contributed by atoms with van der Waals surface area (Å²) in [6.07, 6.45) is 0.513. The third-order valence-corrected chi connectivity index (χ3v) is 4.96. The van der Waals surface area contributed by atoms with Crippen LogP contribution in [0.2, 0.25) is 0 Å². The predicted molar refractivity (Wildman–Crippen MR) is 70.4 cm³/mol. The molecule has 1 aromatic rings. The number of hydrogen-bond acceptors (Lipinski definition) is 3. The van der Waals surface area contributed by atoms with Crippen LogP contribution in [-0.2, 0) is 9.84 Å². The van der Waals surface area contributed by atoms with Crippen molar-refractivity contribution in [2.24, 2.45) is 0 Å². The van der Waals surface area contributed by atoms with Crippen LogP contribution in [-0.4, -0.2) is 31.9 Å². The molecule has 5 heteroatoms. The molecular formula is C13H17NO3S. The molecule has 1 N–H and O–H groups in total. The normalized spacial score (nSPS) is 21.8. The molecule has 1 amide bonds. The molecule has 18 heavy (non-hydrogen) atoms. The van der Waals surface area contributed by atoms with Gasteiger partial charge in [0.15, 0.2) is 9.84 Å². The first-order valence-electron chi connectivity index (χ1n) is 5.96. The van der Waals surface area contributed by atoms with Crippen molar-refractivity contribution in [3.8, 4) is 0 Å². The van der Waals surface area contributed by atoms with Crippen LogP contribution in [0.25, 0.3) is 0 Å². The van der Waals surface area contributed by atoms with Crippen molar-refractivity contribution >= 4 is 15.7 Å². The van der Waals surface area contributed by atoms with Crippen molar-refractivity contribution in [3.63, 3.8) is 0 Å². The molecule has 1 saturated heterocycles. The van der Waals surface area contributed by atoms with E-state index >= 15 is 0 Å². The molecule has 0 aliphatic carbocycles. The summed E-state index contributed by atoms with van der Waals surface area (Å²) in [5.74, 6) is 0.0451. The van der Waals surface area contributed by atoms with E-state index in [2.05, 4.69) is 5.32 Å². The van der Waals surface area contributed by atoms with Gasteiger partial charge >= 0.3 is 0 Å². The summed E-state index contributed by atoms with van der Waals surface area (Å²) < 4.78 is 22.6. The lowest BCUT2D eigenvalue weighted by atomic mass is 10.0. The van der Waals surface area contributed by atoms with Gasteiger partial charge in [-0.3, -0.25) is 4.79 Å². The van der Waals surface area contributed by atoms with Gasteiger partial charge in [0.05, 0.1) is 11.5 Å².